The van der Waals surface area contributed by atoms with E-state index in [-0.39, 0.29) is 68.0 Å². The largest absolute Gasteiger partial charge is 0.508 e. The fraction of sp³-hybridized carbons (Fsp3) is 0.449. The number of benzene rings is 5. The topological polar surface area (TPSA) is 300 Å². The van der Waals surface area contributed by atoms with Crippen LogP contribution in [0.1, 0.15) is 98.7 Å². The van der Waals surface area contributed by atoms with Gasteiger partial charge in [0.1, 0.15) is 29.4 Å². The standard InChI is InChI=1S/C69H84N6O13S4/c1-4-91-92-41-51(36-64(82)75-39-62-63(40-75)90-42-89-62)66(85)73-56(33-45-17-9-6-10-18-45)67(86)72-55(32-46-22-26-52(77)27-23-46)61(81)38-57(74(3)69(88)49-25-24-47-19-11-12-20-48(47)34-49)68(87)71-54(21-13-14-30-70)60(80)37-53(43(2)76)59(79)35-50(58(78)28-29-65(83)84)31-44-15-7-5-8-16-44/h5-12,15-20,22-27,34,43,50-51,53-57,62-63,76-77H,4,13-14,21,28-33,35-42,70H2,1-3H3,(H,71,87)(H,72,86)(H,73,85)(H,83,84)/t43?,50-,51-,53+,54+,55+,56+,57+,62+,63?/m1/s1. The Labute approximate surface area is 554 Å². The van der Waals surface area contributed by atoms with Gasteiger partial charge < -0.3 is 46.8 Å². The summed E-state index contributed by atoms with van der Waals surface area (Å²) in [5, 5.41) is 42.7. The summed E-state index contributed by atoms with van der Waals surface area (Å²) in [6.45, 7) is 4.74. The van der Waals surface area contributed by atoms with Gasteiger partial charge in [-0.2, -0.15) is 0 Å². The Kier molecular flexibility index (Phi) is 28.7. The third-order valence-electron chi connectivity index (χ3n) is 16.8. The van der Waals surface area contributed by atoms with Crippen molar-refractivity contribution in [3.8, 4) is 5.75 Å². The Morgan fingerprint density at radius 2 is 1.21 bits per heavy atom. The highest BCUT2D eigenvalue weighted by Crippen LogP contribution is 2.41. The number of carboxylic acids is 1. The smallest absolute Gasteiger partial charge is 0.303 e. The number of amides is 5. The van der Waals surface area contributed by atoms with Gasteiger partial charge in [0, 0.05) is 97.2 Å². The fourth-order valence-electron chi connectivity index (χ4n) is 11.4. The predicted octanol–water partition coefficient (Wildman–Crippen LogP) is 7.65. The molecule has 19 nitrogen and oxygen atoms in total. The van der Waals surface area contributed by atoms with Gasteiger partial charge in [0.25, 0.3) is 5.91 Å². The van der Waals surface area contributed by atoms with Crippen molar-refractivity contribution >= 4 is 115 Å². The molecule has 2 unspecified atom stereocenters. The second-order valence-corrected chi connectivity index (χ2v) is 29.2. The Hall–Kier alpha value is -7.02. The van der Waals surface area contributed by atoms with Crippen LogP contribution in [0.2, 0.25) is 0 Å². The lowest BCUT2D eigenvalue weighted by atomic mass is 9.82. The molecular formula is C69H84N6O13S4. The molecule has 0 bridgehead atoms. The normalized spacial score (nSPS) is 17.0. The maximum atomic E-state index is 15.4. The summed E-state index contributed by atoms with van der Waals surface area (Å²) in [5.74, 6) is -8.92. The van der Waals surface area contributed by atoms with Crippen LogP contribution < -0.4 is 21.7 Å². The first-order valence-electron chi connectivity index (χ1n) is 31.2. The van der Waals surface area contributed by atoms with Crippen molar-refractivity contribution in [3.63, 3.8) is 0 Å². The number of likely N-dealkylation sites (tertiary alicyclic amines) is 1. The molecule has 2 saturated heterocycles. The molecule has 5 aromatic carbocycles. The molecule has 0 aromatic heterocycles. The average molecular weight is 1330 g/mol. The number of carboxylic acid groups (broad SMARTS) is 1. The van der Waals surface area contributed by atoms with Gasteiger partial charge in [-0.15, -0.1) is 23.5 Å². The summed E-state index contributed by atoms with van der Waals surface area (Å²) in [6, 6.07) is 30.3. The third-order valence-corrected chi connectivity index (χ3v) is 22.4. The van der Waals surface area contributed by atoms with Gasteiger partial charge in [0.2, 0.25) is 23.6 Å². The number of carbonyl (C=O) groups is 10. The highest BCUT2D eigenvalue weighted by atomic mass is 33.1. The molecule has 2 heterocycles. The zero-order valence-electron chi connectivity index (χ0n) is 52.2. The molecule has 5 amide bonds. The van der Waals surface area contributed by atoms with E-state index >= 15 is 14.4 Å². The Balaban J connectivity index is 1.19. The molecule has 8 N–H and O–H groups in total. The fourth-order valence-corrected chi connectivity index (χ4v) is 16.8. The zero-order valence-corrected chi connectivity index (χ0v) is 55.4. The molecule has 0 aliphatic carbocycles. The van der Waals surface area contributed by atoms with E-state index in [4.69, 9.17) is 5.73 Å². The average Bonchev–Trinajstić information content (AvgIpc) is 1.15. The van der Waals surface area contributed by atoms with Crippen LogP contribution in [0, 0.1) is 17.8 Å². The number of nitrogens with one attached hydrogen (secondary N) is 3. The highest BCUT2D eigenvalue weighted by Gasteiger charge is 2.42. The lowest BCUT2D eigenvalue weighted by Crippen LogP contribution is -2.56. The molecule has 23 heteroatoms. The maximum absolute atomic E-state index is 15.4. The number of likely N-dealkylation sites (N-methyl/N-ethyl adjacent to an activating group) is 1. The van der Waals surface area contributed by atoms with E-state index in [9.17, 15) is 48.9 Å². The second kappa shape index (κ2) is 36.4. The van der Waals surface area contributed by atoms with Crippen molar-refractivity contribution < 1.29 is 63.3 Å². The quantitative estimate of drug-likeness (QED) is 0.0147. The van der Waals surface area contributed by atoms with Crippen LogP contribution in [0.15, 0.2) is 127 Å². The molecule has 92 heavy (non-hydrogen) atoms. The number of carbonyl (C=O) groups excluding carboxylic acids is 9. The van der Waals surface area contributed by atoms with Crippen LogP contribution >= 0.6 is 45.1 Å². The van der Waals surface area contributed by atoms with Gasteiger partial charge in [-0.25, -0.2) is 0 Å². The summed E-state index contributed by atoms with van der Waals surface area (Å²) in [5.41, 5.74) is 7.95. The number of nitrogens with two attached hydrogens (primary N) is 1. The molecule has 492 valence electrons. The minimum absolute atomic E-state index is 0.00743. The number of phenolic OH excluding ortho intramolecular Hbond substituents is 1. The Bertz CT molecular complexity index is 3330. The van der Waals surface area contributed by atoms with Gasteiger partial charge in [-0.1, -0.05) is 132 Å². The second-order valence-electron chi connectivity index (χ2n) is 23.5. The van der Waals surface area contributed by atoms with E-state index in [1.54, 1.807) is 108 Å². The lowest BCUT2D eigenvalue weighted by molar-refractivity contribution is -0.139. The van der Waals surface area contributed by atoms with Crippen molar-refractivity contribution in [2.24, 2.45) is 23.5 Å². The van der Waals surface area contributed by atoms with Crippen LogP contribution in [0.25, 0.3) is 10.8 Å². The van der Waals surface area contributed by atoms with E-state index in [2.05, 4.69) is 16.0 Å². The Morgan fingerprint density at radius 3 is 1.84 bits per heavy atom. The van der Waals surface area contributed by atoms with Crippen LogP contribution in [0.5, 0.6) is 5.75 Å². The number of aromatic hydroxyl groups is 1. The molecule has 2 aliphatic heterocycles. The van der Waals surface area contributed by atoms with Crippen molar-refractivity contribution in [1.82, 2.24) is 25.8 Å². The number of phenols is 1. The highest BCUT2D eigenvalue weighted by molar-refractivity contribution is 8.76. The van der Waals surface area contributed by atoms with Gasteiger partial charge in [0.05, 0.1) is 36.4 Å². The molecule has 0 radical (unpaired) electrons. The number of nitrogens with zero attached hydrogens (tertiary/aromatic N) is 2. The van der Waals surface area contributed by atoms with E-state index in [0.717, 1.165) is 21.1 Å². The number of unbranched alkanes of at least 4 members (excludes halogenated alkanes) is 1. The summed E-state index contributed by atoms with van der Waals surface area (Å²) in [4.78, 5) is 146. The molecule has 10 atom stereocenters. The monoisotopic (exact) mass is 1330 g/mol. The number of rotatable bonds is 38. The third kappa shape index (κ3) is 21.8. The number of fused-ring (bicyclic) bond motifs is 2. The molecule has 5 aromatic rings. The van der Waals surface area contributed by atoms with E-state index < -0.39 is 126 Å². The summed E-state index contributed by atoms with van der Waals surface area (Å²) < 4.78 is 0. The van der Waals surface area contributed by atoms with Gasteiger partial charge in [0.15, 0.2) is 11.6 Å². The van der Waals surface area contributed by atoms with Crippen molar-refractivity contribution in [2.75, 3.05) is 43.3 Å². The van der Waals surface area contributed by atoms with Crippen molar-refractivity contribution in [3.05, 3.63) is 150 Å². The van der Waals surface area contributed by atoms with Crippen molar-refractivity contribution in [1.29, 1.82) is 0 Å². The number of hydrogen-bond acceptors (Lipinski definition) is 17. The SMILES string of the molecule is CCSSC[C@@H](CC(=O)N1CC2SCS[C@H]2C1)C(=O)N[C@@H](Cc1ccccc1)C(=O)N[C@@H](Cc1ccc(O)cc1)C(=O)C[C@@H](C(=O)N[C@@H](CCCCN)C(=O)C[C@H](C(=O)C[C@@H](Cc1ccccc1)C(=O)CCC(=O)O)C(C)O)N(C)C(=O)c1ccc2ccccc2c1. The van der Waals surface area contributed by atoms with E-state index in [1.807, 2.05) is 53.5 Å². The minimum atomic E-state index is -1.67. The Morgan fingerprint density at radius 1 is 0.620 bits per heavy atom. The number of ketones is 4. The summed E-state index contributed by atoms with van der Waals surface area (Å²) in [7, 11) is 4.35. The van der Waals surface area contributed by atoms with Gasteiger partial charge in [-0.3, -0.25) is 47.9 Å². The minimum Gasteiger partial charge on any atom is -0.508 e. The van der Waals surface area contributed by atoms with Gasteiger partial charge >= 0.3 is 5.97 Å². The summed E-state index contributed by atoms with van der Waals surface area (Å²) >= 11 is 3.66. The first kappa shape index (κ1) is 72.4. The van der Waals surface area contributed by atoms with E-state index in [1.165, 1.54) is 36.9 Å². The molecular weight excluding hydrogens is 1250 g/mol. The van der Waals surface area contributed by atoms with Crippen LogP contribution in [-0.2, 0) is 62.4 Å². The number of hydrogen-bond donors (Lipinski definition) is 7. The summed E-state index contributed by atoms with van der Waals surface area (Å²) in [6.07, 6.45) is -3.42. The van der Waals surface area contributed by atoms with Crippen molar-refractivity contribution in [2.45, 2.75) is 132 Å². The number of thioether (sulfide) groups is 2. The number of aliphatic hydroxyl groups excluding tert-OH is 1. The molecule has 2 aliphatic rings. The lowest BCUT2D eigenvalue weighted by Gasteiger charge is -2.31. The number of aliphatic hydroxyl groups is 1. The van der Waals surface area contributed by atoms with E-state index in [0.29, 0.717) is 58.5 Å². The molecule has 2 fully saturated rings. The molecule has 7 rings (SSSR count). The maximum Gasteiger partial charge on any atom is 0.303 e. The number of Topliss-reactive ketones (excluding diaryl/α,β-unsaturated/α-hetero) is 4. The zero-order chi connectivity index (χ0) is 66.3. The molecule has 0 saturated carbocycles. The van der Waals surface area contributed by atoms with Crippen LogP contribution in [0.4, 0.5) is 0 Å². The van der Waals surface area contributed by atoms with Crippen LogP contribution in [-0.4, -0.2) is 168 Å². The van der Waals surface area contributed by atoms with Gasteiger partial charge in [-0.05, 0) is 97.3 Å². The first-order chi connectivity index (χ1) is 44.2. The first-order valence-corrected chi connectivity index (χ1v) is 35.8. The molecule has 0 spiro atoms. The number of aliphatic carboxylic acids is 1. The van der Waals surface area contributed by atoms with Crippen LogP contribution in [0.3, 0.4) is 0 Å². The predicted molar refractivity (Wildman–Crippen MR) is 363 cm³/mol.